The molecule has 0 amide bonds. The first-order valence-electron chi connectivity index (χ1n) is 5.59. The largest absolute Gasteiger partial charge is 0.477 e. The number of thiazole rings is 1. The normalized spacial score (nSPS) is 11.0. The van der Waals surface area contributed by atoms with Crippen molar-refractivity contribution in [2.24, 2.45) is 0 Å². The fraction of sp³-hybridized carbons (Fsp3) is 0.231. The van der Waals surface area contributed by atoms with Gasteiger partial charge in [-0.15, -0.1) is 11.3 Å². The van der Waals surface area contributed by atoms with E-state index in [1.807, 2.05) is 13.8 Å². The Morgan fingerprint density at radius 2 is 2.16 bits per heavy atom. The quantitative estimate of drug-likeness (QED) is 0.912. The molecule has 6 heteroatoms. The van der Waals surface area contributed by atoms with E-state index in [0.717, 1.165) is 11.3 Å². The van der Waals surface area contributed by atoms with Crippen molar-refractivity contribution in [3.8, 4) is 10.6 Å². The Bertz CT molecular complexity index is 640. The monoisotopic (exact) mass is 299 g/mol. The summed E-state index contributed by atoms with van der Waals surface area (Å²) in [4.78, 5) is 15.6. The molecular weight excluding hydrogens is 289 g/mol. The summed E-state index contributed by atoms with van der Waals surface area (Å²) in [7, 11) is 0. The van der Waals surface area contributed by atoms with Gasteiger partial charge in [-0.3, -0.25) is 0 Å². The summed E-state index contributed by atoms with van der Waals surface area (Å²) in [5.41, 5.74) is 0.693. The smallest absolute Gasteiger partial charge is 0.347 e. The van der Waals surface area contributed by atoms with Gasteiger partial charge < -0.3 is 5.11 Å². The van der Waals surface area contributed by atoms with E-state index in [9.17, 15) is 9.18 Å². The van der Waals surface area contributed by atoms with Gasteiger partial charge in [0.2, 0.25) is 0 Å². The van der Waals surface area contributed by atoms with E-state index < -0.39 is 11.8 Å². The van der Waals surface area contributed by atoms with Crippen LogP contribution in [-0.4, -0.2) is 16.1 Å². The van der Waals surface area contributed by atoms with Gasteiger partial charge in [-0.2, -0.15) is 0 Å². The highest BCUT2D eigenvalue weighted by Crippen LogP contribution is 2.34. The average Bonchev–Trinajstić information content (AvgIpc) is 2.77. The number of aromatic nitrogens is 1. The molecule has 1 heterocycles. The highest BCUT2D eigenvalue weighted by Gasteiger charge is 2.21. The number of carboxylic acids is 1. The van der Waals surface area contributed by atoms with Crippen molar-refractivity contribution in [3.05, 3.63) is 39.6 Å². The number of carbonyl (C=O) groups is 1. The first-order valence-corrected chi connectivity index (χ1v) is 6.79. The molecule has 100 valence electrons. The molecule has 0 aliphatic rings. The summed E-state index contributed by atoms with van der Waals surface area (Å²) in [6.45, 7) is 3.69. The first kappa shape index (κ1) is 14.0. The maximum absolute atomic E-state index is 13.8. The van der Waals surface area contributed by atoms with E-state index in [0.29, 0.717) is 15.7 Å². The number of rotatable bonds is 3. The van der Waals surface area contributed by atoms with Crippen LogP contribution in [0, 0.1) is 5.82 Å². The van der Waals surface area contributed by atoms with E-state index in [1.165, 1.54) is 18.2 Å². The zero-order valence-corrected chi connectivity index (χ0v) is 11.8. The topological polar surface area (TPSA) is 50.2 Å². The lowest BCUT2D eigenvalue weighted by atomic mass is 10.1. The third kappa shape index (κ3) is 2.77. The lowest BCUT2D eigenvalue weighted by Crippen LogP contribution is -2.00. The van der Waals surface area contributed by atoms with Crippen LogP contribution in [-0.2, 0) is 0 Å². The molecule has 1 aromatic heterocycles. The van der Waals surface area contributed by atoms with E-state index in [2.05, 4.69) is 4.98 Å². The minimum absolute atomic E-state index is 0.0432. The van der Waals surface area contributed by atoms with Crippen molar-refractivity contribution in [3.63, 3.8) is 0 Å². The van der Waals surface area contributed by atoms with Crippen LogP contribution in [0.15, 0.2) is 18.2 Å². The van der Waals surface area contributed by atoms with Crippen LogP contribution in [0.3, 0.4) is 0 Å². The van der Waals surface area contributed by atoms with Crippen molar-refractivity contribution in [2.75, 3.05) is 0 Å². The van der Waals surface area contributed by atoms with Crippen LogP contribution in [0.1, 0.15) is 35.1 Å². The predicted molar refractivity (Wildman–Crippen MR) is 73.6 cm³/mol. The van der Waals surface area contributed by atoms with Gasteiger partial charge in [-0.05, 0) is 24.1 Å². The molecule has 0 saturated carbocycles. The van der Waals surface area contributed by atoms with Crippen LogP contribution >= 0.6 is 22.9 Å². The molecule has 19 heavy (non-hydrogen) atoms. The van der Waals surface area contributed by atoms with E-state index in [4.69, 9.17) is 16.7 Å². The predicted octanol–water partition coefficient (Wildman–Crippen LogP) is 4.42. The van der Waals surface area contributed by atoms with Crippen LogP contribution in [0.4, 0.5) is 4.39 Å². The van der Waals surface area contributed by atoms with Gasteiger partial charge in [0.25, 0.3) is 0 Å². The maximum atomic E-state index is 13.8. The second kappa shape index (κ2) is 5.27. The van der Waals surface area contributed by atoms with Crippen LogP contribution < -0.4 is 0 Å². The van der Waals surface area contributed by atoms with E-state index in [1.54, 1.807) is 0 Å². The Kier molecular flexibility index (Phi) is 3.87. The van der Waals surface area contributed by atoms with E-state index >= 15 is 0 Å². The van der Waals surface area contributed by atoms with Gasteiger partial charge >= 0.3 is 5.97 Å². The summed E-state index contributed by atoms with van der Waals surface area (Å²) in [5.74, 6) is -1.56. The second-order valence-electron chi connectivity index (χ2n) is 4.32. The number of hydrogen-bond acceptors (Lipinski definition) is 3. The Morgan fingerprint density at radius 1 is 1.47 bits per heavy atom. The zero-order valence-electron chi connectivity index (χ0n) is 10.3. The average molecular weight is 300 g/mol. The van der Waals surface area contributed by atoms with Gasteiger partial charge in [-0.1, -0.05) is 25.4 Å². The molecule has 0 radical (unpaired) electrons. The molecule has 0 bridgehead atoms. The number of aromatic carboxylic acids is 1. The number of nitrogens with zero attached hydrogens (tertiary/aromatic N) is 1. The summed E-state index contributed by atoms with van der Waals surface area (Å²) in [5, 5.41) is 9.87. The molecular formula is C13H11ClFNO2S. The number of halogens is 2. The molecule has 0 unspecified atom stereocenters. The van der Waals surface area contributed by atoms with Crippen LogP contribution in [0.25, 0.3) is 10.6 Å². The standard InChI is InChI=1S/C13H11ClFNO2S/c1-6(2)10-11(13(17)18)19-12(16-10)8-5-7(14)3-4-9(8)15/h3-6H,1-2H3,(H,17,18). The number of hydrogen-bond donors (Lipinski definition) is 1. The van der Waals surface area contributed by atoms with Gasteiger partial charge in [0.1, 0.15) is 15.7 Å². The summed E-state index contributed by atoms with van der Waals surface area (Å²) < 4.78 is 13.8. The fourth-order valence-electron chi connectivity index (χ4n) is 1.65. The second-order valence-corrected chi connectivity index (χ2v) is 5.75. The summed E-state index contributed by atoms with van der Waals surface area (Å²) >= 11 is 6.79. The highest BCUT2D eigenvalue weighted by atomic mass is 35.5. The van der Waals surface area contributed by atoms with Gasteiger partial charge in [0, 0.05) is 10.6 Å². The van der Waals surface area contributed by atoms with Gasteiger partial charge in [0.05, 0.1) is 5.69 Å². The van der Waals surface area contributed by atoms with Crippen molar-refractivity contribution in [2.45, 2.75) is 19.8 Å². The third-order valence-corrected chi connectivity index (χ3v) is 3.88. The highest BCUT2D eigenvalue weighted by molar-refractivity contribution is 7.17. The van der Waals surface area contributed by atoms with Crippen molar-refractivity contribution >= 4 is 28.9 Å². The molecule has 0 atom stereocenters. The van der Waals surface area contributed by atoms with Gasteiger partial charge in [0.15, 0.2) is 0 Å². The molecule has 3 nitrogen and oxygen atoms in total. The summed E-state index contributed by atoms with van der Waals surface area (Å²) in [6, 6.07) is 4.13. The molecule has 0 saturated heterocycles. The molecule has 0 aliphatic carbocycles. The Labute approximate surface area is 118 Å². The lowest BCUT2D eigenvalue weighted by molar-refractivity contribution is 0.0700. The Hall–Kier alpha value is -1.46. The molecule has 1 aromatic carbocycles. The fourth-order valence-corrected chi connectivity index (χ4v) is 2.90. The zero-order chi connectivity index (χ0) is 14.2. The van der Waals surface area contributed by atoms with Crippen LogP contribution in [0.5, 0.6) is 0 Å². The van der Waals surface area contributed by atoms with Crippen molar-refractivity contribution < 1.29 is 14.3 Å². The lowest BCUT2D eigenvalue weighted by Gasteiger charge is -2.01. The van der Waals surface area contributed by atoms with Crippen molar-refractivity contribution in [1.82, 2.24) is 4.98 Å². The first-order chi connectivity index (χ1) is 8.90. The maximum Gasteiger partial charge on any atom is 0.347 e. The number of carboxylic acid groups (broad SMARTS) is 1. The Morgan fingerprint density at radius 3 is 2.68 bits per heavy atom. The van der Waals surface area contributed by atoms with Crippen molar-refractivity contribution in [1.29, 1.82) is 0 Å². The molecule has 1 N–H and O–H groups in total. The number of benzene rings is 1. The Balaban J connectivity index is 2.60. The minimum atomic E-state index is -1.05. The third-order valence-electron chi connectivity index (χ3n) is 2.55. The molecule has 2 aromatic rings. The van der Waals surface area contributed by atoms with Gasteiger partial charge in [-0.25, -0.2) is 14.2 Å². The SMILES string of the molecule is CC(C)c1nc(-c2cc(Cl)ccc2F)sc1C(=O)O. The molecule has 0 aliphatic heterocycles. The molecule has 2 rings (SSSR count). The molecule has 0 fully saturated rings. The molecule has 0 spiro atoms. The summed E-state index contributed by atoms with van der Waals surface area (Å²) in [6.07, 6.45) is 0. The van der Waals surface area contributed by atoms with E-state index in [-0.39, 0.29) is 16.4 Å². The minimum Gasteiger partial charge on any atom is -0.477 e. The van der Waals surface area contributed by atoms with Crippen LogP contribution in [0.2, 0.25) is 5.02 Å².